The minimum atomic E-state index is -0.319. The van der Waals surface area contributed by atoms with E-state index in [9.17, 15) is 14.4 Å². The molecule has 0 saturated carbocycles. The predicted molar refractivity (Wildman–Crippen MR) is 102 cm³/mol. The summed E-state index contributed by atoms with van der Waals surface area (Å²) in [4.78, 5) is 40.8. The second-order valence-electron chi connectivity index (χ2n) is 5.87. The van der Waals surface area contributed by atoms with E-state index in [0.717, 1.165) is 10.0 Å². The summed E-state index contributed by atoms with van der Waals surface area (Å²) in [7, 11) is 0. The highest BCUT2D eigenvalue weighted by atomic mass is 79.9. The van der Waals surface area contributed by atoms with Crippen LogP contribution in [0.5, 0.6) is 0 Å². The zero-order valence-corrected chi connectivity index (χ0v) is 15.5. The number of H-pyrrole nitrogens is 2. The number of rotatable bonds is 5. The highest BCUT2D eigenvalue weighted by molar-refractivity contribution is 9.10. The Labute approximate surface area is 157 Å². The van der Waals surface area contributed by atoms with E-state index < -0.39 is 0 Å². The lowest BCUT2D eigenvalue weighted by molar-refractivity contribution is -0.120. The summed E-state index contributed by atoms with van der Waals surface area (Å²) in [5.41, 5.74) is 2.43. The molecular weight excluding hydrogens is 400 g/mol. The van der Waals surface area contributed by atoms with Crippen LogP contribution in [0.1, 0.15) is 28.9 Å². The maximum atomic E-state index is 12.1. The molecule has 0 spiro atoms. The number of carbonyl (C=O) groups excluding carboxylic acids is 2. The van der Waals surface area contributed by atoms with Crippen LogP contribution in [-0.4, -0.2) is 28.3 Å². The third kappa shape index (κ3) is 4.20. The fraction of sp³-hybridized carbons (Fsp3) is 0.167. The Morgan fingerprint density at radius 2 is 1.88 bits per heavy atom. The Kier molecular flexibility index (Phi) is 5.22. The van der Waals surface area contributed by atoms with Crippen LogP contribution < -0.4 is 16.3 Å². The molecule has 0 aliphatic carbocycles. The van der Waals surface area contributed by atoms with Gasteiger partial charge in [0.25, 0.3) is 5.91 Å². The second kappa shape index (κ2) is 7.57. The Morgan fingerprint density at radius 3 is 2.65 bits per heavy atom. The van der Waals surface area contributed by atoms with Gasteiger partial charge in [-0.1, -0.05) is 28.1 Å². The number of hydrogen-bond acceptors (Lipinski definition) is 3. The fourth-order valence-corrected chi connectivity index (χ4v) is 2.99. The summed E-state index contributed by atoms with van der Waals surface area (Å²) in [6.07, 6.45) is 0. The first-order valence-corrected chi connectivity index (χ1v) is 8.77. The van der Waals surface area contributed by atoms with E-state index in [4.69, 9.17) is 0 Å². The van der Waals surface area contributed by atoms with Crippen molar-refractivity contribution in [1.29, 1.82) is 0 Å². The van der Waals surface area contributed by atoms with Crippen molar-refractivity contribution in [2.75, 3.05) is 6.54 Å². The van der Waals surface area contributed by atoms with Crippen molar-refractivity contribution >= 4 is 38.8 Å². The van der Waals surface area contributed by atoms with Gasteiger partial charge in [-0.25, -0.2) is 4.79 Å². The maximum Gasteiger partial charge on any atom is 0.323 e. The van der Waals surface area contributed by atoms with E-state index in [0.29, 0.717) is 16.6 Å². The molecule has 0 aliphatic rings. The number of aromatic nitrogens is 2. The normalized spacial score (nSPS) is 11.9. The molecule has 8 heteroatoms. The van der Waals surface area contributed by atoms with Crippen molar-refractivity contribution in [3.63, 3.8) is 0 Å². The van der Waals surface area contributed by atoms with Crippen LogP contribution in [0, 0.1) is 0 Å². The zero-order chi connectivity index (χ0) is 18.7. The van der Waals surface area contributed by atoms with E-state index in [-0.39, 0.29) is 30.1 Å². The molecule has 2 aromatic carbocycles. The molecule has 2 amide bonds. The number of benzene rings is 2. The molecule has 3 aromatic rings. The van der Waals surface area contributed by atoms with Gasteiger partial charge >= 0.3 is 5.69 Å². The molecule has 0 radical (unpaired) electrons. The highest BCUT2D eigenvalue weighted by Crippen LogP contribution is 2.17. The molecule has 0 bridgehead atoms. The quantitative estimate of drug-likeness (QED) is 0.512. The zero-order valence-electron chi connectivity index (χ0n) is 13.9. The number of carbonyl (C=O) groups is 2. The SMILES string of the molecule is CC(NC(=O)CNC(=O)c1cccc(Br)c1)c1ccc2[nH]c(=O)[nH]c2c1. The van der Waals surface area contributed by atoms with Crippen molar-refractivity contribution in [2.45, 2.75) is 13.0 Å². The number of aromatic amines is 2. The van der Waals surface area contributed by atoms with Crippen LogP contribution in [0.4, 0.5) is 0 Å². The fourth-order valence-electron chi connectivity index (χ4n) is 2.59. The van der Waals surface area contributed by atoms with Crippen LogP contribution in [0.2, 0.25) is 0 Å². The molecule has 0 aliphatic heterocycles. The maximum absolute atomic E-state index is 12.1. The topological polar surface area (TPSA) is 107 Å². The highest BCUT2D eigenvalue weighted by Gasteiger charge is 2.13. The van der Waals surface area contributed by atoms with Crippen LogP contribution in [0.3, 0.4) is 0 Å². The van der Waals surface area contributed by atoms with E-state index in [1.807, 2.05) is 19.1 Å². The average molecular weight is 417 g/mol. The van der Waals surface area contributed by atoms with Gasteiger partial charge in [0.2, 0.25) is 5.91 Å². The molecule has 7 nitrogen and oxygen atoms in total. The third-order valence-electron chi connectivity index (χ3n) is 3.91. The van der Waals surface area contributed by atoms with Gasteiger partial charge in [0.05, 0.1) is 23.6 Å². The molecule has 0 saturated heterocycles. The standard InChI is InChI=1S/C18H17BrN4O3/c1-10(11-5-6-14-15(8-11)23-18(26)22-14)21-16(24)9-20-17(25)12-3-2-4-13(19)7-12/h2-8,10H,9H2,1H3,(H,20,25)(H,21,24)(H2,22,23,26). The third-order valence-corrected chi connectivity index (χ3v) is 4.41. The molecule has 1 unspecified atom stereocenters. The molecule has 26 heavy (non-hydrogen) atoms. The summed E-state index contributed by atoms with van der Waals surface area (Å²) in [5.74, 6) is -0.621. The van der Waals surface area contributed by atoms with Gasteiger partial charge in [0, 0.05) is 10.0 Å². The molecule has 1 atom stereocenters. The summed E-state index contributed by atoms with van der Waals surface area (Å²) in [6, 6.07) is 12.1. The second-order valence-corrected chi connectivity index (χ2v) is 6.78. The lowest BCUT2D eigenvalue weighted by Crippen LogP contribution is -2.38. The molecule has 134 valence electrons. The van der Waals surface area contributed by atoms with E-state index in [1.165, 1.54) is 0 Å². The number of fused-ring (bicyclic) bond motifs is 1. The molecule has 0 fully saturated rings. The van der Waals surface area contributed by atoms with Gasteiger partial charge in [-0.05, 0) is 42.8 Å². The molecule has 1 heterocycles. The number of hydrogen-bond donors (Lipinski definition) is 4. The first-order chi connectivity index (χ1) is 12.4. The number of halogens is 1. The Balaban J connectivity index is 1.58. The van der Waals surface area contributed by atoms with Gasteiger partial charge in [-0.3, -0.25) is 9.59 Å². The van der Waals surface area contributed by atoms with E-state index in [1.54, 1.807) is 30.3 Å². The lowest BCUT2D eigenvalue weighted by atomic mass is 10.1. The molecule has 1 aromatic heterocycles. The van der Waals surface area contributed by atoms with Crippen molar-refractivity contribution < 1.29 is 9.59 Å². The van der Waals surface area contributed by atoms with Crippen molar-refractivity contribution in [3.05, 3.63) is 68.5 Å². The van der Waals surface area contributed by atoms with Crippen LogP contribution >= 0.6 is 15.9 Å². The minimum Gasteiger partial charge on any atom is -0.348 e. The Hall–Kier alpha value is -2.87. The summed E-state index contributed by atoms with van der Waals surface area (Å²) in [6.45, 7) is 1.71. The van der Waals surface area contributed by atoms with Crippen LogP contribution in [0.15, 0.2) is 51.7 Å². The monoisotopic (exact) mass is 416 g/mol. The van der Waals surface area contributed by atoms with E-state index in [2.05, 4.69) is 36.5 Å². The Bertz CT molecular complexity index is 1020. The van der Waals surface area contributed by atoms with Crippen LogP contribution in [0.25, 0.3) is 11.0 Å². The van der Waals surface area contributed by atoms with E-state index >= 15 is 0 Å². The Morgan fingerprint density at radius 1 is 1.12 bits per heavy atom. The number of imidazole rings is 1. The summed E-state index contributed by atoms with van der Waals surface area (Å²) < 4.78 is 0.793. The first-order valence-electron chi connectivity index (χ1n) is 7.97. The molecule has 4 N–H and O–H groups in total. The van der Waals surface area contributed by atoms with Crippen molar-refractivity contribution in [1.82, 2.24) is 20.6 Å². The average Bonchev–Trinajstić information content (AvgIpc) is 2.98. The first kappa shape index (κ1) is 17.9. The van der Waals surface area contributed by atoms with Gasteiger partial charge in [0.1, 0.15) is 0 Å². The van der Waals surface area contributed by atoms with Crippen molar-refractivity contribution in [3.8, 4) is 0 Å². The lowest BCUT2D eigenvalue weighted by Gasteiger charge is -2.15. The summed E-state index contributed by atoms with van der Waals surface area (Å²) in [5, 5.41) is 5.41. The number of nitrogens with one attached hydrogen (secondary N) is 4. The predicted octanol–water partition coefficient (Wildman–Crippen LogP) is 2.23. The molecular formula is C18H17BrN4O3. The van der Waals surface area contributed by atoms with Gasteiger partial charge in [-0.2, -0.15) is 0 Å². The largest absolute Gasteiger partial charge is 0.348 e. The summed E-state index contributed by atoms with van der Waals surface area (Å²) >= 11 is 3.30. The molecule has 3 rings (SSSR count). The van der Waals surface area contributed by atoms with Crippen molar-refractivity contribution in [2.24, 2.45) is 0 Å². The van der Waals surface area contributed by atoms with Gasteiger partial charge in [-0.15, -0.1) is 0 Å². The van der Waals surface area contributed by atoms with Crippen LogP contribution in [-0.2, 0) is 4.79 Å². The number of amides is 2. The van der Waals surface area contributed by atoms with Gasteiger partial charge < -0.3 is 20.6 Å². The smallest absolute Gasteiger partial charge is 0.323 e. The minimum absolute atomic E-state index is 0.126. The van der Waals surface area contributed by atoms with Gasteiger partial charge in [0.15, 0.2) is 0 Å².